The van der Waals surface area contributed by atoms with Crippen molar-refractivity contribution in [1.29, 1.82) is 0 Å². The standard InChI is InChI=1S/C28H32BrNO5/c1-17-5-22(18(2)30(17)13-19-3-4-24-25(7-19)35-16-34-24)23(31)14-33-26(32)12-27-8-20-6-21(9-27)11-28(29,10-20)15-27/h3-5,7,20-21H,6,8-16H2,1-2H3. The Hall–Kier alpha value is -2.28. The number of esters is 1. The fourth-order valence-corrected chi connectivity index (χ4v) is 9.18. The van der Waals surface area contributed by atoms with E-state index in [-0.39, 0.29) is 34.9 Å². The molecule has 2 unspecified atom stereocenters. The van der Waals surface area contributed by atoms with E-state index in [0.29, 0.717) is 18.5 Å². The van der Waals surface area contributed by atoms with E-state index in [9.17, 15) is 9.59 Å². The predicted molar refractivity (Wildman–Crippen MR) is 134 cm³/mol. The molecule has 4 bridgehead atoms. The van der Waals surface area contributed by atoms with Crippen LogP contribution in [-0.4, -0.2) is 34.0 Å². The number of aryl methyl sites for hydroxylation is 1. The molecule has 6 nitrogen and oxygen atoms in total. The molecule has 35 heavy (non-hydrogen) atoms. The van der Waals surface area contributed by atoms with E-state index in [2.05, 4.69) is 20.5 Å². The number of fused-ring (bicyclic) bond motifs is 1. The van der Waals surface area contributed by atoms with Crippen molar-refractivity contribution in [2.24, 2.45) is 17.3 Å². The zero-order valence-corrected chi connectivity index (χ0v) is 22.0. The number of halogens is 1. The molecule has 2 aromatic rings. The summed E-state index contributed by atoms with van der Waals surface area (Å²) >= 11 is 4.01. The Bertz CT molecular complexity index is 1190. The largest absolute Gasteiger partial charge is 0.457 e. The van der Waals surface area contributed by atoms with E-state index in [1.54, 1.807) is 0 Å². The van der Waals surface area contributed by atoms with Crippen molar-refractivity contribution in [2.45, 2.75) is 69.7 Å². The number of alkyl halides is 1. The molecule has 4 saturated carbocycles. The Kier molecular flexibility index (Phi) is 5.55. The molecular weight excluding hydrogens is 510 g/mol. The van der Waals surface area contributed by atoms with Crippen molar-refractivity contribution in [3.05, 3.63) is 46.8 Å². The van der Waals surface area contributed by atoms with Crippen molar-refractivity contribution in [3.8, 4) is 11.5 Å². The predicted octanol–water partition coefficient (Wildman–Crippen LogP) is 5.73. The number of ketones is 1. The van der Waals surface area contributed by atoms with Crippen LogP contribution in [0.1, 0.15) is 72.3 Å². The monoisotopic (exact) mass is 541 g/mol. The van der Waals surface area contributed by atoms with E-state index in [1.165, 1.54) is 19.3 Å². The van der Waals surface area contributed by atoms with Crippen molar-refractivity contribution in [2.75, 3.05) is 13.4 Å². The molecule has 4 aliphatic carbocycles. The molecule has 0 saturated heterocycles. The van der Waals surface area contributed by atoms with Crippen LogP contribution >= 0.6 is 15.9 Å². The van der Waals surface area contributed by atoms with Gasteiger partial charge in [-0.25, -0.2) is 0 Å². The Labute approximate surface area is 214 Å². The van der Waals surface area contributed by atoms with Crippen LogP contribution in [0.15, 0.2) is 24.3 Å². The molecule has 7 rings (SSSR count). The smallest absolute Gasteiger partial charge is 0.306 e. The first-order valence-electron chi connectivity index (χ1n) is 12.6. The molecule has 1 aromatic heterocycles. The summed E-state index contributed by atoms with van der Waals surface area (Å²) in [7, 11) is 0. The molecule has 1 aliphatic heterocycles. The van der Waals surface area contributed by atoms with Gasteiger partial charge in [-0.15, -0.1) is 0 Å². The second-order valence-corrected chi connectivity index (χ2v) is 13.1. The summed E-state index contributed by atoms with van der Waals surface area (Å²) in [5, 5.41) is 0. The third-order valence-corrected chi connectivity index (χ3v) is 9.57. The van der Waals surface area contributed by atoms with Gasteiger partial charge < -0.3 is 18.8 Å². The van der Waals surface area contributed by atoms with Gasteiger partial charge in [0.1, 0.15) is 0 Å². The van der Waals surface area contributed by atoms with Gasteiger partial charge in [-0.3, -0.25) is 9.59 Å². The first-order chi connectivity index (χ1) is 16.7. The van der Waals surface area contributed by atoms with Gasteiger partial charge in [0.15, 0.2) is 18.1 Å². The van der Waals surface area contributed by atoms with E-state index >= 15 is 0 Å². The first-order valence-corrected chi connectivity index (χ1v) is 13.4. The van der Waals surface area contributed by atoms with E-state index in [1.807, 2.05) is 38.1 Å². The third kappa shape index (κ3) is 4.30. The number of hydrogen-bond donors (Lipinski definition) is 0. The SMILES string of the molecule is Cc1cc(C(=O)COC(=O)CC23CC4CC(CC(Br)(C4)C2)C3)c(C)n1Cc1ccc2c(c1)OCO2. The van der Waals surface area contributed by atoms with Gasteiger partial charge in [-0.1, -0.05) is 22.0 Å². The Morgan fingerprint density at radius 1 is 1.09 bits per heavy atom. The van der Waals surface area contributed by atoms with Crippen LogP contribution in [0, 0.1) is 31.1 Å². The summed E-state index contributed by atoms with van der Waals surface area (Å²) in [5.74, 6) is 2.57. The summed E-state index contributed by atoms with van der Waals surface area (Å²) in [6.45, 7) is 4.61. The molecule has 2 heterocycles. The number of Topliss-reactive ketones (excluding diaryl/α,β-unsaturated/α-hetero) is 1. The van der Waals surface area contributed by atoms with Gasteiger partial charge in [0.2, 0.25) is 12.6 Å². The molecule has 0 radical (unpaired) electrons. The van der Waals surface area contributed by atoms with Gasteiger partial charge >= 0.3 is 5.97 Å². The van der Waals surface area contributed by atoms with Gasteiger partial charge in [0.25, 0.3) is 0 Å². The lowest BCUT2D eigenvalue weighted by atomic mass is 9.49. The zero-order valence-electron chi connectivity index (χ0n) is 20.4. The van der Waals surface area contributed by atoms with Crippen LogP contribution in [0.2, 0.25) is 0 Å². The van der Waals surface area contributed by atoms with Gasteiger partial charge in [0, 0.05) is 27.8 Å². The van der Waals surface area contributed by atoms with E-state index in [4.69, 9.17) is 14.2 Å². The first kappa shape index (κ1) is 23.1. The topological polar surface area (TPSA) is 66.8 Å². The lowest BCUT2D eigenvalue weighted by Gasteiger charge is -2.60. The van der Waals surface area contributed by atoms with Crippen LogP contribution in [0.25, 0.3) is 0 Å². The molecule has 186 valence electrons. The number of hydrogen-bond acceptors (Lipinski definition) is 5. The Balaban J connectivity index is 1.09. The van der Waals surface area contributed by atoms with Crippen molar-refractivity contribution in [1.82, 2.24) is 4.57 Å². The summed E-state index contributed by atoms with van der Waals surface area (Å²) in [6.07, 6.45) is 7.52. The normalized spacial score (nSPS) is 30.0. The van der Waals surface area contributed by atoms with Gasteiger partial charge in [-0.05, 0) is 93.4 Å². The van der Waals surface area contributed by atoms with Crippen LogP contribution < -0.4 is 9.47 Å². The zero-order chi connectivity index (χ0) is 24.4. The average Bonchev–Trinajstić information content (AvgIpc) is 3.35. The number of ether oxygens (including phenoxy) is 3. The molecule has 5 aliphatic rings. The van der Waals surface area contributed by atoms with Gasteiger partial charge in [-0.2, -0.15) is 0 Å². The lowest BCUT2D eigenvalue weighted by Crippen LogP contribution is -2.53. The molecule has 0 N–H and O–H groups in total. The highest BCUT2D eigenvalue weighted by molar-refractivity contribution is 9.10. The summed E-state index contributed by atoms with van der Waals surface area (Å²) in [5.41, 5.74) is 3.61. The fraction of sp³-hybridized carbons (Fsp3) is 0.571. The highest BCUT2D eigenvalue weighted by Crippen LogP contribution is 2.65. The molecule has 7 heteroatoms. The van der Waals surface area contributed by atoms with E-state index < -0.39 is 0 Å². The summed E-state index contributed by atoms with van der Waals surface area (Å²) in [4.78, 5) is 25.9. The molecule has 1 aromatic carbocycles. The van der Waals surface area contributed by atoms with Crippen LogP contribution in [-0.2, 0) is 16.1 Å². The number of carbonyl (C=O) groups excluding carboxylic acids is 2. The molecular formula is C28H32BrNO5. The van der Waals surface area contributed by atoms with Crippen molar-refractivity contribution >= 4 is 27.7 Å². The maximum Gasteiger partial charge on any atom is 0.306 e. The molecule has 0 amide bonds. The average molecular weight is 542 g/mol. The quantitative estimate of drug-likeness (QED) is 0.254. The number of aromatic nitrogens is 1. The number of rotatable bonds is 7. The van der Waals surface area contributed by atoms with Crippen molar-refractivity contribution < 1.29 is 23.8 Å². The van der Waals surface area contributed by atoms with E-state index in [0.717, 1.165) is 59.5 Å². The number of carbonyl (C=O) groups is 2. The minimum atomic E-state index is -0.231. The highest BCUT2D eigenvalue weighted by Gasteiger charge is 2.57. The minimum absolute atomic E-state index is 0.0498. The third-order valence-electron chi connectivity index (χ3n) is 8.65. The Morgan fingerprint density at radius 2 is 1.83 bits per heavy atom. The number of benzene rings is 1. The highest BCUT2D eigenvalue weighted by atomic mass is 79.9. The lowest BCUT2D eigenvalue weighted by molar-refractivity contribution is -0.149. The second-order valence-electron chi connectivity index (χ2n) is 11.4. The summed E-state index contributed by atoms with van der Waals surface area (Å²) in [6, 6.07) is 7.80. The van der Waals surface area contributed by atoms with Gasteiger partial charge in [0.05, 0.1) is 6.42 Å². The van der Waals surface area contributed by atoms with Crippen molar-refractivity contribution in [3.63, 3.8) is 0 Å². The second kappa shape index (κ2) is 8.39. The molecule has 4 fully saturated rings. The van der Waals surface area contributed by atoms with Crippen LogP contribution in [0.3, 0.4) is 0 Å². The summed E-state index contributed by atoms with van der Waals surface area (Å²) < 4.78 is 18.8. The maximum absolute atomic E-state index is 13.0. The molecule has 0 spiro atoms. The minimum Gasteiger partial charge on any atom is -0.457 e. The van der Waals surface area contributed by atoms with Crippen LogP contribution in [0.4, 0.5) is 0 Å². The number of nitrogens with zero attached hydrogens (tertiary/aromatic N) is 1. The maximum atomic E-state index is 13.0. The fourth-order valence-electron chi connectivity index (χ4n) is 7.67. The molecule has 2 atom stereocenters. The van der Waals surface area contributed by atoms with Crippen LogP contribution in [0.5, 0.6) is 11.5 Å². The Morgan fingerprint density at radius 3 is 2.57 bits per heavy atom.